The van der Waals surface area contributed by atoms with E-state index in [0.29, 0.717) is 28.5 Å². The monoisotopic (exact) mass is 422 g/mol. The third-order valence-corrected chi connectivity index (χ3v) is 4.80. The normalized spacial score (nSPS) is 11.8. The molecule has 1 aromatic heterocycles. The number of hydrogen-bond acceptors (Lipinski definition) is 7. The Kier molecular flexibility index (Phi) is 7.02. The van der Waals surface area contributed by atoms with E-state index in [-0.39, 0.29) is 24.3 Å². The highest BCUT2D eigenvalue weighted by Crippen LogP contribution is 2.22. The lowest BCUT2D eigenvalue weighted by molar-refractivity contribution is -0.142. The van der Waals surface area contributed by atoms with Crippen LogP contribution in [0.5, 0.6) is 5.75 Å². The van der Waals surface area contributed by atoms with Crippen LogP contribution in [0, 0.1) is 5.92 Å². The molecule has 2 aromatic carbocycles. The Labute approximate surface area is 181 Å². The molecule has 0 aliphatic rings. The number of amides is 1. The average Bonchev–Trinajstić information content (AvgIpc) is 2.80. The van der Waals surface area contributed by atoms with Gasteiger partial charge in [0, 0.05) is 10.9 Å². The first kappa shape index (κ1) is 22.0. The van der Waals surface area contributed by atoms with Gasteiger partial charge in [-0.05, 0) is 36.2 Å². The number of carbonyl (C=O) groups is 2. The van der Waals surface area contributed by atoms with Crippen LogP contribution in [0.2, 0.25) is 0 Å². The van der Waals surface area contributed by atoms with Crippen LogP contribution in [-0.2, 0) is 16.1 Å². The minimum Gasteiger partial charge on any atom is -0.497 e. The summed E-state index contributed by atoms with van der Waals surface area (Å²) in [5.41, 5.74) is 1.18. The molecule has 8 nitrogen and oxygen atoms in total. The number of hydrogen-bond donors (Lipinski definition) is 2. The summed E-state index contributed by atoms with van der Waals surface area (Å²) in [6.07, 6.45) is 0. The molecule has 162 valence electrons. The lowest BCUT2D eigenvalue weighted by Crippen LogP contribution is -2.36. The second-order valence-electron chi connectivity index (χ2n) is 7.31. The van der Waals surface area contributed by atoms with Gasteiger partial charge in [-0.2, -0.15) is 0 Å². The van der Waals surface area contributed by atoms with Crippen molar-refractivity contribution in [3.8, 4) is 5.75 Å². The Balaban J connectivity index is 1.86. The second-order valence-corrected chi connectivity index (χ2v) is 7.31. The van der Waals surface area contributed by atoms with Crippen LogP contribution in [0.15, 0.2) is 48.5 Å². The number of ether oxygens (including phenoxy) is 2. The highest BCUT2D eigenvalue weighted by Gasteiger charge is 2.24. The van der Waals surface area contributed by atoms with Crippen molar-refractivity contribution in [1.82, 2.24) is 15.3 Å². The molecular weight excluding hydrogens is 396 g/mol. The summed E-state index contributed by atoms with van der Waals surface area (Å²) in [7, 11) is 2.91. The van der Waals surface area contributed by atoms with Crippen LogP contribution in [-0.4, -0.2) is 42.1 Å². The number of anilines is 1. The van der Waals surface area contributed by atoms with Gasteiger partial charge in [0.25, 0.3) is 5.91 Å². The number of carbonyl (C=O) groups excluding carboxylic acids is 2. The molecular formula is C23H26N4O4. The summed E-state index contributed by atoms with van der Waals surface area (Å²) >= 11 is 0. The zero-order valence-electron chi connectivity index (χ0n) is 18.0. The molecule has 0 aliphatic heterocycles. The molecule has 8 heteroatoms. The Morgan fingerprint density at radius 3 is 2.52 bits per heavy atom. The van der Waals surface area contributed by atoms with E-state index < -0.39 is 6.04 Å². The van der Waals surface area contributed by atoms with E-state index in [1.54, 1.807) is 31.4 Å². The van der Waals surface area contributed by atoms with Crippen LogP contribution in [0.4, 0.5) is 5.82 Å². The number of benzene rings is 2. The number of fused-ring (bicyclic) bond motifs is 1. The summed E-state index contributed by atoms with van der Waals surface area (Å²) in [5.74, 6) is 0.886. The maximum absolute atomic E-state index is 12.5. The summed E-state index contributed by atoms with van der Waals surface area (Å²) in [5, 5.41) is 6.80. The maximum atomic E-state index is 12.5. The first-order chi connectivity index (χ1) is 14.9. The predicted molar refractivity (Wildman–Crippen MR) is 118 cm³/mol. The third-order valence-electron chi connectivity index (χ3n) is 4.80. The SMILES string of the molecule is COC(=O)[C@@H](Nc1nc(CNC(=O)c2cccc(OC)c2)nc2ccccc12)C(C)C. The predicted octanol–water partition coefficient (Wildman–Crippen LogP) is 3.18. The van der Waals surface area contributed by atoms with Crippen molar-refractivity contribution in [2.75, 3.05) is 19.5 Å². The van der Waals surface area contributed by atoms with Crippen LogP contribution < -0.4 is 15.4 Å². The highest BCUT2D eigenvalue weighted by molar-refractivity contribution is 5.94. The third kappa shape index (κ3) is 5.28. The lowest BCUT2D eigenvalue weighted by Gasteiger charge is -2.21. The van der Waals surface area contributed by atoms with E-state index in [0.717, 1.165) is 5.39 Å². The van der Waals surface area contributed by atoms with Gasteiger partial charge in [0.2, 0.25) is 0 Å². The molecule has 3 rings (SSSR count). The second kappa shape index (κ2) is 9.88. The van der Waals surface area contributed by atoms with E-state index in [1.165, 1.54) is 7.11 Å². The fraction of sp³-hybridized carbons (Fsp3) is 0.304. The molecule has 3 aromatic rings. The van der Waals surface area contributed by atoms with Gasteiger partial charge in [-0.15, -0.1) is 0 Å². The van der Waals surface area contributed by atoms with Gasteiger partial charge in [0.1, 0.15) is 17.6 Å². The van der Waals surface area contributed by atoms with Crippen molar-refractivity contribution in [2.24, 2.45) is 5.92 Å². The van der Waals surface area contributed by atoms with Gasteiger partial charge in [-0.3, -0.25) is 4.79 Å². The summed E-state index contributed by atoms with van der Waals surface area (Å²) in [4.78, 5) is 33.9. The zero-order chi connectivity index (χ0) is 22.4. The van der Waals surface area contributed by atoms with Crippen LogP contribution >= 0.6 is 0 Å². The van der Waals surface area contributed by atoms with Crippen LogP contribution in [0.25, 0.3) is 10.9 Å². The Morgan fingerprint density at radius 2 is 1.81 bits per heavy atom. The number of nitrogens with one attached hydrogen (secondary N) is 2. The smallest absolute Gasteiger partial charge is 0.328 e. The van der Waals surface area contributed by atoms with Crippen molar-refractivity contribution in [2.45, 2.75) is 26.4 Å². The molecule has 0 aliphatic carbocycles. The number of rotatable bonds is 8. The highest BCUT2D eigenvalue weighted by atomic mass is 16.5. The molecule has 0 spiro atoms. The molecule has 0 unspecified atom stereocenters. The minimum absolute atomic E-state index is 0.0163. The van der Waals surface area contributed by atoms with Gasteiger partial charge < -0.3 is 20.1 Å². The molecule has 0 fully saturated rings. The Bertz CT molecular complexity index is 1080. The van der Waals surface area contributed by atoms with Crippen molar-refractivity contribution < 1.29 is 19.1 Å². The molecule has 1 amide bonds. The molecule has 2 N–H and O–H groups in total. The summed E-state index contributed by atoms with van der Waals surface area (Å²) < 4.78 is 10.1. The fourth-order valence-electron chi connectivity index (χ4n) is 3.11. The van der Waals surface area contributed by atoms with E-state index in [4.69, 9.17) is 9.47 Å². The maximum Gasteiger partial charge on any atom is 0.328 e. The lowest BCUT2D eigenvalue weighted by atomic mass is 10.0. The standard InChI is InChI=1S/C23H26N4O4/c1-14(2)20(23(29)31-4)27-21-17-10-5-6-11-18(17)25-19(26-21)13-24-22(28)15-8-7-9-16(12-15)30-3/h5-12,14,20H,13H2,1-4H3,(H,24,28)(H,25,26,27)/t20-/m0/s1. The molecule has 0 bridgehead atoms. The van der Waals surface area contributed by atoms with Crippen molar-refractivity contribution in [1.29, 1.82) is 0 Å². The molecule has 31 heavy (non-hydrogen) atoms. The average molecular weight is 422 g/mol. The van der Waals surface area contributed by atoms with Gasteiger partial charge in [0.05, 0.1) is 26.3 Å². The van der Waals surface area contributed by atoms with Gasteiger partial charge >= 0.3 is 5.97 Å². The molecule has 1 heterocycles. The number of para-hydroxylation sites is 1. The Morgan fingerprint density at radius 1 is 1.03 bits per heavy atom. The number of esters is 1. The fourth-order valence-corrected chi connectivity index (χ4v) is 3.11. The van der Waals surface area contributed by atoms with Gasteiger partial charge in [0.15, 0.2) is 5.82 Å². The van der Waals surface area contributed by atoms with Crippen molar-refractivity contribution in [3.63, 3.8) is 0 Å². The first-order valence-corrected chi connectivity index (χ1v) is 9.95. The molecule has 0 saturated heterocycles. The first-order valence-electron chi connectivity index (χ1n) is 9.95. The topological polar surface area (TPSA) is 102 Å². The molecule has 0 radical (unpaired) electrons. The summed E-state index contributed by atoms with van der Waals surface area (Å²) in [6.45, 7) is 3.97. The zero-order valence-corrected chi connectivity index (χ0v) is 18.0. The van der Waals surface area contributed by atoms with E-state index in [9.17, 15) is 9.59 Å². The van der Waals surface area contributed by atoms with E-state index in [2.05, 4.69) is 20.6 Å². The van der Waals surface area contributed by atoms with Crippen molar-refractivity contribution in [3.05, 3.63) is 59.9 Å². The Hall–Kier alpha value is -3.68. The number of methoxy groups -OCH3 is 2. The van der Waals surface area contributed by atoms with Gasteiger partial charge in [-0.1, -0.05) is 32.0 Å². The minimum atomic E-state index is -0.567. The quantitative estimate of drug-likeness (QED) is 0.538. The number of nitrogens with zero attached hydrogens (tertiary/aromatic N) is 2. The number of aromatic nitrogens is 2. The molecule has 1 atom stereocenters. The van der Waals surface area contributed by atoms with E-state index >= 15 is 0 Å². The summed E-state index contributed by atoms with van der Waals surface area (Å²) in [6, 6.07) is 13.8. The van der Waals surface area contributed by atoms with Crippen LogP contribution in [0.1, 0.15) is 30.0 Å². The largest absolute Gasteiger partial charge is 0.497 e. The van der Waals surface area contributed by atoms with E-state index in [1.807, 2.05) is 38.1 Å². The van der Waals surface area contributed by atoms with Crippen molar-refractivity contribution >= 4 is 28.6 Å². The molecule has 0 saturated carbocycles. The van der Waals surface area contributed by atoms with Gasteiger partial charge in [-0.25, -0.2) is 14.8 Å². The van der Waals surface area contributed by atoms with Crippen LogP contribution in [0.3, 0.4) is 0 Å².